The Labute approximate surface area is 197 Å². The Hall–Kier alpha value is -2.47. The average molecular weight is 445 g/mol. The molecule has 174 valence electrons. The van der Waals surface area contributed by atoms with E-state index in [1.54, 1.807) is 0 Å². The highest BCUT2D eigenvalue weighted by atomic mass is 16.3. The van der Waals surface area contributed by atoms with Gasteiger partial charge in [0.25, 0.3) is 0 Å². The summed E-state index contributed by atoms with van der Waals surface area (Å²) in [5.41, 5.74) is 7.17. The summed E-state index contributed by atoms with van der Waals surface area (Å²) in [4.78, 5) is 5.10. The van der Waals surface area contributed by atoms with Crippen LogP contribution in [0.15, 0.2) is 54.7 Å². The Morgan fingerprint density at radius 1 is 0.939 bits per heavy atom. The quantitative estimate of drug-likeness (QED) is 0.626. The monoisotopic (exact) mass is 444 g/mol. The molecular formula is C28H36N4O. The topological polar surface area (TPSA) is 44.5 Å². The first-order chi connectivity index (χ1) is 16.0. The Bertz CT molecular complexity index is 1070. The Morgan fingerprint density at radius 2 is 1.73 bits per heavy atom. The first kappa shape index (κ1) is 22.3. The van der Waals surface area contributed by atoms with Gasteiger partial charge in [0.05, 0.1) is 17.5 Å². The molecule has 2 fully saturated rings. The van der Waals surface area contributed by atoms with E-state index in [4.69, 9.17) is 5.10 Å². The Morgan fingerprint density at radius 3 is 2.45 bits per heavy atom. The lowest BCUT2D eigenvalue weighted by atomic mass is 9.98. The van der Waals surface area contributed by atoms with Gasteiger partial charge >= 0.3 is 0 Å². The van der Waals surface area contributed by atoms with Crippen molar-refractivity contribution in [1.82, 2.24) is 19.6 Å². The van der Waals surface area contributed by atoms with Crippen LogP contribution in [0.3, 0.4) is 0 Å². The van der Waals surface area contributed by atoms with Crippen molar-refractivity contribution in [2.24, 2.45) is 0 Å². The van der Waals surface area contributed by atoms with Gasteiger partial charge in [0.2, 0.25) is 0 Å². The summed E-state index contributed by atoms with van der Waals surface area (Å²) in [5, 5.41) is 15.1. The van der Waals surface area contributed by atoms with Crippen LogP contribution in [0.25, 0.3) is 16.9 Å². The number of nitrogens with zero attached hydrogens (tertiary/aromatic N) is 4. The maximum Gasteiger partial charge on any atom is 0.0972 e. The molecule has 2 aliphatic heterocycles. The van der Waals surface area contributed by atoms with Crippen LogP contribution in [-0.4, -0.2) is 63.0 Å². The van der Waals surface area contributed by atoms with Gasteiger partial charge in [-0.2, -0.15) is 5.10 Å². The fraction of sp³-hybridized carbons (Fsp3) is 0.464. The number of β-amino-alcohol motifs (C(OH)–C–C–N with tert-alkyl or cyclic N) is 1. The number of hydrogen-bond acceptors (Lipinski definition) is 4. The fourth-order valence-corrected chi connectivity index (χ4v) is 5.39. The fourth-order valence-electron chi connectivity index (χ4n) is 5.39. The van der Waals surface area contributed by atoms with Gasteiger partial charge in [-0.15, -0.1) is 0 Å². The smallest absolute Gasteiger partial charge is 0.0972 e. The van der Waals surface area contributed by atoms with E-state index in [2.05, 4.69) is 78.4 Å². The summed E-state index contributed by atoms with van der Waals surface area (Å²) in [6.07, 6.45) is 6.52. The maximum atomic E-state index is 10.1. The summed E-state index contributed by atoms with van der Waals surface area (Å²) in [6, 6.07) is 17.9. The number of rotatable bonds is 5. The van der Waals surface area contributed by atoms with Gasteiger partial charge in [0.15, 0.2) is 0 Å². The normalized spacial score (nSPS) is 20.9. The summed E-state index contributed by atoms with van der Waals surface area (Å²) in [7, 11) is 0. The van der Waals surface area contributed by atoms with Crippen LogP contribution < -0.4 is 0 Å². The van der Waals surface area contributed by atoms with E-state index in [9.17, 15) is 5.11 Å². The molecule has 5 rings (SSSR count). The molecule has 0 bridgehead atoms. The lowest BCUT2D eigenvalue weighted by Gasteiger charge is -2.41. The number of piperidine rings is 2. The third-order valence-electron chi connectivity index (χ3n) is 7.28. The largest absolute Gasteiger partial charge is 0.392 e. The predicted octanol–water partition coefficient (Wildman–Crippen LogP) is 4.58. The zero-order chi connectivity index (χ0) is 22.8. The van der Waals surface area contributed by atoms with Gasteiger partial charge in [-0.05, 0) is 77.4 Å². The number of aliphatic hydroxyl groups is 1. The number of likely N-dealkylation sites (tertiary alicyclic amines) is 2. The number of aryl methyl sites for hydroxylation is 2. The van der Waals surface area contributed by atoms with Crippen molar-refractivity contribution in [3.05, 3.63) is 71.4 Å². The molecule has 0 saturated carbocycles. The molecule has 0 unspecified atom stereocenters. The van der Waals surface area contributed by atoms with Gasteiger partial charge in [0, 0.05) is 36.5 Å². The van der Waals surface area contributed by atoms with E-state index in [-0.39, 0.29) is 6.10 Å². The standard InChI is InChI=1S/C28H36N4O/c1-21-8-10-26(11-9-21)32-19-24(28(29-32)23-6-3-5-22(2)17-23)18-30-15-12-25(13-16-30)31-14-4-7-27(33)20-31/h3,5-6,8-11,17,19,25,27,33H,4,7,12-16,18,20H2,1-2H3/t27-/m1/s1. The highest BCUT2D eigenvalue weighted by Crippen LogP contribution is 2.28. The van der Waals surface area contributed by atoms with Crippen LogP contribution in [0, 0.1) is 13.8 Å². The second kappa shape index (κ2) is 9.80. The van der Waals surface area contributed by atoms with Crippen LogP contribution in [-0.2, 0) is 6.54 Å². The second-order valence-electron chi connectivity index (χ2n) is 9.95. The van der Waals surface area contributed by atoms with Gasteiger partial charge < -0.3 is 5.11 Å². The zero-order valence-corrected chi connectivity index (χ0v) is 20.0. The lowest BCUT2D eigenvalue weighted by Crippen LogP contribution is -2.49. The van der Waals surface area contributed by atoms with Crippen LogP contribution in [0.5, 0.6) is 0 Å². The summed E-state index contributed by atoms with van der Waals surface area (Å²) in [6.45, 7) is 9.37. The van der Waals surface area contributed by atoms with E-state index >= 15 is 0 Å². The highest BCUT2D eigenvalue weighted by molar-refractivity contribution is 5.64. The van der Waals surface area contributed by atoms with Crippen molar-refractivity contribution in [2.45, 2.75) is 58.2 Å². The minimum absolute atomic E-state index is 0.138. The SMILES string of the molecule is Cc1ccc(-n2cc(CN3CCC(N4CCC[C@@H](O)C4)CC3)c(-c3cccc(C)c3)n2)cc1. The summed E-state index contributed by atoms with van der Waals surface area (Å²) >= 11 is 0. The molecule has 2 aromatic carbocycles. The van der Waals surface area contributed by atoms with Crippen LogP contribution in [0.4, 0.5) is 0 Å². The highest BCUT2D eigenvalue weighted by Gasteiger charge is 2.28. The average Bonchev–Trinajstić information content (AvgIpc) is 3.24. The minimum atomic E-state index is -0.138. The molecule has 0 radical (unpaired) electrons. The van der Waals surface area contributed by atoms with Crippen LogP contribution >= 0.6 is 0 Å². The number of aliphatic hydroxyl groups excluding tert-OH is 1. The van der Waals surface area contributed by atoms with Gasteiger partial charge in [-0.25, -0.2) is 4.68 Å². The van der Waals surface area contributed by atoms with Crippen molar-refractivity contribution in [3.8, 4) is 16.9 Å². The van der Waals surface area contributed by atoms with Gasteiger partial charge in [-0.1, -0.05) is 41.5 Å². The molecule has 0 spiro atoms. The van der Waals surface area contributed by atoms with Crippen molar-refractivity contribution in [1.29, 1.82) is 0 Å². The van der Waals surface area contributed by atoms with Crippen LogP contribution in [0.2, 0.25) is 0 Å². The zero-order valence-electron chi connectivity index (χ0n) is 20.0. The molecule has 1 atom stereocenters. The number of aromatic nitrogens is 2. The summed E-state index contributed by atoms with van der Waals surface area (Å²) in [5.74, 6) is 0. The van der Waals surface area contributed by atoms with Crippen molar-refractivity contribution in [2.75, 3.05) is 26.2 Å². The van der Waals surface area contributed by atoms with E-state index in [1.807, 2.05) is 4.68 Å². The molecule has 3 aromatic rings. The van der Waals surface area contributed by atoms with Crippen molar-refractivity contribution in [3.63, 3.8) is 0 Å². The molecule has 33 heavy (non-hydrogen) atoms. The molecule has 5 heteroatoms. The van der Waals surface area contributed by atoms with Crippen molar-refractivity contribution >= 4 is 0 Å². The third-order valence-corrected chi connectivity index (χ3v) is 7.28. The Kier molecular flexibility index (Phi) is 6.63. The number of hydrogen-bond donors (Lipinski definition) is 1. The molecule has 3 heterocycles. The second-order valence-corrected chi connectivity index (χ2v) is 9.95. The number of benzene rings is 2. The molecule has 2 saturated heterocycles. The minimum Gasteiger partial charge on any atom is -0.392 e. The molecule has 2 aliphatic rings. The molecule has 1 N–H and O–H groups in total. The maximum absolute atomic E-state index is 10.1. The first-order valence-electron chi connectivity index (χ1n) is 12.4. The van der Waals surface area contributed by atoms with E-state index in [0.29, 0.717) is 6.04 Å². The van der Waals surface area contributed by atoms with Gasteiger partial charge in [-0.3, -0.25) is 9.80 Å². The first-order valence-corrected chi connectivity index (χ1v) is 12.4. The van der Waals surface area contributed by atoms with E-state index in [1.165, 1.54) is 35.1 Å². The molecule has 1 aromatic heterocycles. The van der Waals surface area contributed by atoms with Gasteiger partial charge in [0.1, 0.15) is 0 Å². The molecule has 0 aliphatic carbocycles. The third kappa shape index (κ3) is 5.21. The van der Waals surface area contributed by atoms with Crippen LogP contribution in [0.1, 0.15) is 42.4 Å². The molecule has 5 nitrogen and oxygen atoms in total. The van der Waals surface area contributed by atoms with E-state index < -0.39 is 0 Å². The van der Waals surface area contributed by atoms with E-state index in [0.717, 1.165) is 56.9 Å². The molecule has 0 amide bonds. The summed E-state index contributed by atoms with van der Waals surface area (Å²) < 4.78 is 2.04. The lowest BCUT2D eigenvalue weighted by molar-refractivity contribution is 0.0243. The Balaban J connectivity index is 1.34. The predicted molar refractivity (Wildman–Crippen MR) is 134 cm³/mol. The molecular weight excluding hydrogens is 408 g/mol. The van der Waals surface area contributed by atoms with Crippen molar-refractivity contribution < 1.29 is 5.11 Å².